The lowest BCUT2D eigenvalue weighted by molar-refractivity contribution is -0.117. The van der Waals surface area contributed by atoms with E-state index in [4.69, 9.17) is 5.26 Å². The van der Waals surface area contributed by atoms with Crippen LogP contribution in [-0.4, -0.2) is 35.8 Å². The highest BCUT2D eigenvalue weighted by Crippen LogP contribution is 2.38. The SMILES string of the molecule is N#CCCn1cc(-c2ccc(O)c(N3CC(=O)NS3(=O)=O)c2F)cn1. The summed E-state index contributed by atoms with van der Waals surface area (Å²) in [7, 11) is -4.26. The first kappa shape index (κ1) is 16.7. The number of hydrogen-bond donors (Lipinski definition) is 2. The Labute approximate surface area is 142 Å². The molecule has 1 aromatic heterocycles. The van der Waals surface area contributed by atoms with Gasteiger partial charge in [0.1, 0.15) is 18.0 Å². The molecule has 0 aliphatic carbocycles. The number of phenolic OH excluding ortho intramolecular Hbond substituents is 1. The quantitative estimate of drug-likeness (QED) is 0.811. The zero-order chi connectivity index (χ0) is 18.2. The Kier molecular flexibility index (Phi) is 4.05. The van der Waals surface area contributed by atoms with Crippen molar-refractivity contribution in [3.05, 3.63) is 30.3 Å². The summed E-state index contributed by atoms with van der Waals surface area (Å²) in [4.78, 5) is 11.3. The molecule has 0 unspecified atom stereocenters. The van der Waals surface area contributed by atoms with Crippen molar-refractivity contribution < 1.29 is 22.7 Å². The Morgan fingerprint density at radius 3 is 2.84 bits per heavy atom. The minimum Gasteiger partial charge on any atom is -0.506 e. The van der Waals surface area contributed by atoms with Crippen LogP contribution in [0.25, 0.3) is 11.1 Å². The number of carbonyl (C=O) groups is 1. The first-order valence-corrected chi connectivity index (χ1v) is 8.52. The second kappa shape index (κ2) is 6.06. The number of phenols is 1. The van der Waals surface area contributed by atoms with Crippen LogP contribution in [0, 0.1) is 17.1 Å². The molecule has 1 amide bonds. The summed E-state index contributed by atoms with van der Waals surface area (Å²) >= 11 is 0. The van der Waals surface area contributed by atoms with Crippen molar-refractivity contribution in [2.24, 2.45) is 0 Å². The van der Waals surface area contributed by atoms with Gasteiger partial charge in [0.25, 0.3) is 5.91 Å². The maximum Gasteiger partial charge on any atom is 0.326 e. The lowest BCUT2D eigenvalue weighted by Crippen LogP contribution is -2.30. The lowest BCUT2D eigenvalue weighted by Gasteiger charge is -2.18. The van der Waals surface area contributed by atoms with Crippen molar-refractivity contribution in [1.82, 2.24) is 14.5 Å². The van der Waals surface area contributed by atoms with Gasteiger partial charge in [-0.2, -0.15) is 18.8 Å². The number of nitrogens with zero attached hydrogens (tertiary/aromatic N) is 4. The molecule has 25 heavy (non-hydrogen) atoms. The molecular formula is C14H12FN5O4S. The number of aryl methyl sites for hydroxylation is 1. The van der Waals surface area contributed by atoms with Crippen LogP contribution < -0.4 is 9.03 Å². The smallest absolute Gasteiger partial charge is 0.326 e. The molecule has 130 valence electrons. The van der Waals surface area contributed by atoms with E-state index in [0.29, 0.717) is 16.4 Å². The molecule has 3 rings (SSSR count). The van der Waals surface area contributed by atoms with E-state index in [9.17, 15) is 22.7 Å². The molecule has 2 N–H and O–H groups in total. The van der Waals surface area contributed by atoms with Crippen LogP contribution in [0.3, 0.4) is 0 Å². The standard InChI is InChI=1S/C14H12FN5O4S/c15-13-10(9-6-17-19(7-9)5-1-4-16)2-3-11(21)14(13)20-8-12(22)18-25(20,23)24/h2-3,6-7,21H,1,5,8H2,(H,18,22). The van der Waals surface area contributed by atoms with Gasteiger partial charge in [-0.25, -0.2) is 13.4 Å². The Hall–Kier alpha value is -3.13. The first-order valence-electron chi connectivity index (χ1n) is 7.08. The Morgan fingerprint density at radius 2 is 2.20 bits per heavy atom. The monoisotopic (exact) mass is 365 g/mol. The van der Waals surface area contributed by atoms with Crippen LogP contribution in [0.15, 0.2) is 24.5 Å². The summed E-state index contributed by atoms with van der Waals surface area (Å²) < 4.78 is 42.4. The molecule has 9 nitrogen and oxygen atoms in total. The van der Waals surface area contributed by atoms with Crippen molar-refractivity contribution in [3.8, 4) is 22.9 Å². The van der Waals surface area contributed by atoms with Crippen molar-refractivity contribution >= 4 is 21.8 Å². The third kappa shape index (κ3) is 2.99. The van der Waals surface area contributed by atoms with Gasteiger partial charge in [-0.05, 0) is 12.1 Å². The van der Waals surface area contributed by atoms with Gasteiger partial charge >= 0.3 is 10.2 Å². The van der Waals surface area contributed by atoms with Crippen LogP contribution in [-0.2, 0) is 21.5 Å². The Balaban J connectivity index is 2.05. The van der Waals surface area contributed by atoms with E-state index in [2.05, 4.69) is 5.10 Å². The lowest BCUT2D eigenvalue weighted by atomic mass is 10.1. The van der Waals surface area contributed by atoms with Gasteiger partial charge in [-0.15, -0.1) is 0 Å². The van der Waals surface area contributed by atoms with Crippen molar-refractivity contribution in [1.29, 1.82) is 5.26 Å². The molecule has 0 radical (unpaired) electrons. The molecule has 2 aromatic rings. The summed E-state index contributed by atoms with van der Waals surface area (Å²) in [5.74, 6) is -2.44. The van der Waals surface area contributed by atoms with E-state index in [0.717, 1.165) is 6.07 Å². The molecule has 1 aliphatic heterocycles. The van der Waals surface area contributed by atoms with E-state index >= 15 is 0 Å². The normalized spacial score (nSPS) is 15.8. The highest BCUT2D eigenvalue weighted by atomic mass is 32.2. The summed E-state index contributed by atoms with van der Waals surface area (Å²) in [5.41, 5.74) is -0.265. The molecule has 1 aromatic carbocycles. The fourth-order valence-electron chi connectivity index (χ4n) is 2.45. The summed E-state index contributed by atoms with van der Waals surface area (Å²) in [5, 5.41) is 22.5. The van der Waals surface area contributed by atoms with E-state index < -0.39 is 39.9 Å². The molecule has 0 spiro atoms. The second-order valence-electron chi connectivity index (χ2n) is 5.23. The molecular weight excluding hydrogens is 353 g/mol. The average Bonchev–Trinajstić information content (AvgIpc) is 3.09. The first-order chi connectivity index (χ1) is 11.8. The summed E-state index contributed by atoms with van der Waals surface area (Å²) in [6.07, 6.45) is 3.08. The Bertz CT molecular complexity index is 995. The van der Waals surface area contributed by atoms with E-state index in [1.165, 1.54) is 23.1 Å². The van der Waals surface area contributed by atoms with E-state index in [1.807, 2.05) is 6.07 Å². The van der Waals surface area contributed by atoms with Gasteiger partial charge in [0.15, 0.2) is 5.82 Å². The van der Waals surface area contributed by atoms with Gasteiger partial charge in [-0.3, -0.25) is 9.48 Å². The van der Waals surface area contributed by atoms with Gasteiger partial charge in [0, 0.05) is 17.3 Å². The van der Waals surface area contributed by atoms with Gasteiger partial charge in [-0.1, -0.05) is 0 Å². The fraction of sp³-hybridized carbons (Fsp3) is 0.214. The number of carbonyl (C=O) groups excluding carboxylic acids is 1. The molecule has 2 heterocycles. The number of amides is 1. The largest absolute Gasteiger partial charge is 0.506 e. The molecule has 0 bridgehead atoms. The van der Waals surface area contributed by atoms with Crippen LogP contribution in [0.1, 0.15) is 6.42 Å². The molecule has 11 heteroatoms. The third-order valence-corrected chi connectivity index (χ3v) is 4.94. The van der Waals surface area contributed by atoms with E-state index in [-0.39, 0.29) is 12.0 Å². The number of aromatic nitrogens is 2. The van der Waals surface area contributed by atoms with Crippen LogP contribution in [0.4, 0.5) is 10.1 Å². The number of aromatic hydroxyl groups is 1. The predicted molar refractivity (Wildman–Crippen MR) is 83.9 cm³/mol. The molecule has 0 atom stereocenters. The summed E-state index contributed by atoms with van der Waals surface area (Å²) in [6.45, 7) is -0.306. The molecule has 1 fully saturated rings. The zero-order valence-corrected chi connectivity index (χ0v) is 13.5. The maximum absolute atomic E-state index is 14.9. The number of nitriles is 1. The number of rotatable bonds is 4. The van der Waals surface area contributed by atoms with E-state index in [1.54, 1.807) is 4.72 Å². The van der Waals surface area contributed by atoms with Crippen molar-refractivity contribution in [2.45, 2.75) is 13.0 Å². The Morgan fingerprint density at radius 1 is 1.44 bits per heavy atom. The second-order valence-corrected chi connectivity index (χ2v) is 6.83. The number of nitrogens with one attached hydrogen (secondary N) is 1. The van der Waals surface area contributed by atoms with Crippen molar-refractivity contribution in [2.75, 3.05) is 10.8 Å². The van der Waals surface area contributed by atoms with Gasteiger partial charge < -0.3 is 5.11 Å². The molecule has 1 saturated heterocycles. The van der Waals surface area contributed by atoms with Gasteiger partial charge in [0.2, 0.25) is 0 Å². The minimum absolute atomic E-state index is 0.00515. The predicted octanol–water partition coefficient (Wildman–Crippen LogP) is 0.489. The number of anilines is 1. The van der Waals surface area contributed by atoms with Crippen LogP contribution in [0.5, 0.6) is 5.75 Å². The van der Waals surface area contributed by atoms with Crippen molar-refractivity contribution in [3.63, 3.8) is 0 Å². The topological polar surface area (TPSA) is 128 Å². The highest BCUT2D eigenvalue weighted by molar-refractivity contribution is 7.92. The highest BCUT2D eigenvalue weighted by Gasteiger charge is 2.38. The minimum atomic E-state index is -4.26. The average molecular weight is 365 g/mol. The number of benzene rings is 1. The fourth-order valence-corrected chi connectivity index (χ4v) is 3.61. The van der Waals surface area contributed by atoms with Crippen LogP contribution >= 0.6 is 0 Å². The number of hydrogen-bond acceptors (Lipinski definition) is 6. The molecule has 0 saturated carbocycles. The van der Waals surface area contributed by atoms with Crippen LogP contribution in [0.2, 0.25) is 0 Å². The third-order valence-electron chi connectivity index (χ3n) is 3.56. The summed E-state index contributed by atoms with van der Waals surface area (Å²) in [6, 6.07) is 4.38. The number of halogens is 1. The van der Waals surface area contributed by atoms with Gasteiger partial charge in [0.05, 0.1) is 25.2 Å². The molecule has 1 aliphatic rings. The zero-order valence-electron chi connectivity index (χ0n) is 12.7. The maximum atomic E-state index is 14.9.